The molecule has 0 bridgehead atoms. The van der Waals surface area contributed by atoms with E-state index in [4.69, 9.17) is 0 Å². The van der Waals surface area contributed by atoms with Crippen LogP contribution in [0.1, 0.15) is 0 Å². The van der Waals surface area contributed by atoms with E-state index in [9.17, 15) is 8.78 Å². The summed E-state index contributed by atoms with van der Waals surface area (Å²) in [7, 11) is 0. The lowest BCUT2D eigenvalue weighted by atomic mass is 10.2. The van der Waals surface area contributed by atoms with Crippen molar-refractivity contribution in [2.45, 2.75) is 0 Å². The van der Waals surface area contributed by atoms with Gasteiger partial charge in [-0.15, -0.1) is 0 Å². The van der Waals surface area contributed by atoms with E-state index in [0.29, 0.717) is 21.3 Å². The molecule has 0 aliphatic rings. The predicted octanol–water partition coefficient (Wildman–Crippen LogP) is 4.88. The average Bonchev–Trinajstić information content (AvgIpc) is 2.72. The number of hydrogen-bond donors (Lipinski definition) is 1. The third kappa shape index (κ3) is 2.38. The van der Waals surface area contributed by atoms with Gasteiger partial charge in [-0.25, -0.2) is 13.8 Å². The molecule has 6 heteroatoms. The topological polar surface area (TPSA) is 28.7 Å². The number of benzene rings is 2. The highest BCUT2D eigenvalue weighted by molar-refractivity contribution is 14.1. The maximum absolute atomic E-state index is 13.4. The van der Waals surface area contributed by atoms with Crippen molar-refractivity contribution in [2.24, 2.45) is 0 Å². The number of rotatable bonds is 1. The normalized spacial score (nSPS) is 11.2. The first-order chi connectivity index (χ1) is 9.04. The van der Waals surface area contributed by atoms with E-state index in [-0.39, 0.29) is 11.6 Å². The first-order valence-electron chi connectivity index (χ1n) is 5.35. The van der Waals surface area contributed by atoms with Crippen molar-refractivity contribution in [3.8, 4) is 11.4 Å². The largest absolute Gasteiger partial charge is 0.338 e. The van der Waals surface area contributed by atoms with E-state index in [1.165, 1.54) is 18.2 Å². The molecule has 0 aliphatic carbocycles. The van der Waals surface area contributed by atoms with Crippen molar-refractivity contribution >= 4 is 49.6 Å². The lowest BCUT2D eigenvalue weighted by Gasteiger charge is -2.00. The van der Waals surface area contributed by atoms with E-state index in [2.05, 4.69) is 25.9 Å². The number of hydrogen-bond acceptors (Lipinski definition) is 1. The molecule has 0 fully saturated rings. The minimum atomic E-state index is -0.350. The van der Waals surface area contributed by atoms with Crippen LogP contribution in [0.2, 0.25) is 0 Å². The van der Waals surface area contributed by atoms with Crippen molar-refractivity contribution < 1.29 is 8.78 Å². The van der Waals surface area contributed by atoms with Gasteiger partial charge in [-0.1, -0.05) is 0 Å². The van der Waals surface area contributed by atoms with Gasteiger partial charge >= 0.3 is 0 Å². The smallest absolute Gasteiger partial charge is 0.139 e. The summed E-state index contributed by atoms with van der Waals surface area (Å²) in [6.45, 7) is 0. The maximum atomic E-state index is 13.4. The molecule has 0 spiro atoms. The SMILES string of the molecule is Fc1ccc(-c2nc3cc(Br)c(F)cc3[nH]2)c(I)c1. The second-order valence-electron chi connectivity index (χ2n) is 3.99. The molecular formula is C13H6BrF2IN2. The first kappa shape index (κ1) is 13.0. The Bertz CT molecular complexity index is 747. The van der Waals surface area contributed by atoms with E-state index in [1.807, 2.05) is 22.6 Å². The fourth-order valence-electron chi connectivity index (χ4n) is 1.81. The van der Waals surface area contributed by atoms with Crippen LogP contribution in [0.5, 0.6) is 0 Å². The third-order valence-electron chi connectivity index (χ3n) is 2.71. The highest BCUT2D eigenvalue weighted by Crippen LogP contribution is 2.28. The van der Waals surface area contributed by atoms with Crippen molar-refractivity contribution in [1.29, 1.82) is 0 Å². The average molecular weight is 435 g/mol. The van der Waals surface area contributed by atoms with Gasteiger partial charge in [0.2, 0.25) is 0 Å². The fraction of sp³-hybridized carbons (Fsp3) is 0. The molecule has 0 unspecified atom stereocenters. The number of H-pyrrole nitrogens is 1. The number of fused-ring (bicyclic) bond motifs is 1. The van der Waals surface area contributed by atoms with Gasteiger partial charge in [0, 0.05) is 15.2 Å². The van der Waals surface area contributed by atoms with Gasteiger partial charge in [0.05, 0.1) is 15.5 Å². The summed E-state index contributed by atoms with van der Waals surface area (Å²) >= 11 is 5.17. The Balaban J connectivity index is 2.20. The van der Waals surface area contributed by atoms with Crippen LogP contribution < -0.4 is 0 Å². The van der Waals surface area contributed by atoms with E-state index in [0.717, 1.165) is 9.13 Å². The van der Waals surface area contributed by atoms with Gasteiger partial charge in [-0.05, 0) is 62.8 Å². The lowest BCUT2D eigenvalue weighted by molar-refractivity contribution is 0.623. The van der Waals surface area contributed by atoms with Crippen molar-refractivity contribution in [2.75, 3.05) is 0 Å². The third-order valence-corrected chi connectivity index (χ3v) is 4.21. The number of nitrogens with zero attached hydrogens (tertiary/aromatic N) is 1. The van der Waals surface area contributed by atoms with Gasteiger partial charge < -0.3 is 4.98 Å². The van der Waals surface area contributed by atoms with E-state index >= 15 is 0 Å². The van der Waals surface area contributed by atoms with Crippen LogP contribution in [0.3, 0.4) is 0 Å². The number of halogens is 4. The van der Waals surface area contributed by atoms with Crippen LogP contribution in [0.4, 0.5) is 8.78 Å². The Morgan fingerprint density at radius 2 is 1.95 bits per heavy atom. The molecule has 0 atom stereocenters. The molecule has 19 heavy (non-hydrogen) atoms. The monoisotopic (exact) mass is 434 g/mol. The summed E-state index contributed by atoms with van der Waals surface area (Å²) in [5.74, 6) is -0.0496. The van der Waals surface area contributed by atoms with E-state index in [1.54, 1.807) is 12.1 Å². The summed E-state index contributed by atoms with van der Waals surface area (Å²) in [5.41, 5.74) is 2.05. The maximum Gasteiger partial charge on any atom is 0.139 e. The molecule has 96 valence electrons. The van der Waals surface area contributed by atoms with Crippen molar-refractivity contribution in [3.63, 3.8) is 0 Å². The highest BCUT2D eigenvalue weighted by atomic mass is 127. The molecule has 3 aromatic rings. The molecule has 1 aromatic heterocycles. The second kappa shape index (κ2) is 4.82. The molecule has 0 saturated heterocycles. The van der Waals surface area contributed by atoms with Gasteiger partial charge in [-0.2, -0.15) is 0 Å². The molecule has 0 radical (unpaired) electrons. The van der Waals surface area contributed by atoms with Gasteiger partial charge in [0.25, 0.3) is 0 Å². The standard InChI is InChI=1S/C13H6BrF2IN2/c14-8-4-11-12(5-9(8)16)19-13(18-11)7-2-1-6(15)3-10(7)17/h1-5H,(H,18,19). The summed E-state index contributed by atoms with van der Waals surface area (Å²) in [6, 6.07) is 7.45. The lowest BCUT2D eigenvalue weighted by Crippen LogP contribution is -1.86. The van der Waals surface area contributed by atoms with Crippen LogP contribution in [0, 0.1) is 15.2 Å². The van der Waals surface area contributed by atoms with Gasteiger partial charge in [0.15, 0.2) is 0 Å². The quantitative estimate of drug-likeness (QED) is 0.543. The zero-order valence-electron chi connectivity index (χ0n) is 9.35. The van der Waals surface area contributed by atoms with Gasteiger partial charge in [-0.3, -0.25) is 0 Å². The van der Waals surface area contributed by atoms with Crippen LogP contribution in [-0.4, -0.2) is 9.97 Å². The Kier molecular flexibility index (Phi) is 3.30. The fourth-order valence-corrected chi connectivity index (χ4v) is 2.88. The van der Waals surface area contributed by atoms with Crippen LogP contribution >= 0.6 is 38.5 Å². The minimum Gasteiger partial charge on any atom is -0.338 e. The summed E-state index contributed by atoms with van der Waals surface area (Å²) in [6.07, 6.45) is 0. The van der Waals surface area contributed by atoms with Crippen molar-refractivity contribution in [1.82, 2.24) is 9.97 Å². The summed E-state index contributed by atoms with van der Waals surface area (Å²) in [5, 5.41) is 0. The van der Waals surface area contributed by atoms with E-state index < -0.39 is 0 Å². The number of imidazole rings is 1. The molecule has 3 rings (SSSR count). The summed E-state index contributed by atoms with van der Waals surface area (Å²) < 4.78 is 27.6. The zero-order chi connectivity index (χ0) is 13.6. The number of nitrogens with one attached hydrogen (secondary N) is 1. The van der Waals surface area contributed by atoms with Crippen LogP contribution in [0.25, 0.3) is 22.4 Å². The first-order valence-corrected chi connectivity index (χ1v) is 7.22. The molecule has 0 saturated carbocycles. The molecule has 2 aromatic carbocycles. The zero-order valence-corrected chi connectivity index (χ0v) is 13.1. The van der Waals surface area contributed by atoms with Crippen LogP contribution in [-0.2, 0) is 0 Å². The van der Waals surface area contributed by atoms with Crippen LogP contribution in [0.15, 0.2) is 34.8 Å². The highest BCUT2D eigenvalue weighted by Gasteiger charge is 2.11. The molecule has 0 amide bonds. The minimum absolute atomic E-state index is 0.293. The van der Waals surface area contributed by atoms with Crippen molar-refractivity contribution in [3.05, 3.63) is 50.0 Å². The molecule has 1 N–H and O–H groups in total. The van der Waals surface area contributed by atoms with Gasteiger partial charge in [0.1, 0.15) is 17.5 Å². The number of aromatic nitrogens is 2. The molecule has 2 nitrogen and oxygen atoms in total. The summed E-state index contributed by atoms with van der Waals surface area (Å²) in [4.78, 5) is 7.44. The molecule has 0 aliphatic heterocycles. The number of aromatic amines is 1. The second-order valence-corrected chi connectivity index (χ2v) is 6.01. The Morgan fingerprint density at radius 1 is 1.16 bits per heavy atom. The molecular weight excluding hydrogens is 429 g/mol. The Labute approximate surface area is 129 Å². The molecule has 1 heterocycles. The Morgan fingerprint density at radius 3 is 2.68 bits per heavy atom. The predicted molar refractivity (Wildman–Crippen MR) is 81.9 cm³/mol. The Hall–Kier alpha value is -1.02.